The van der Waals surface area contributed by atoms with Gasteiger partial charge in [0, 0.05) is 30.8 Å². The van der Waals surface area contributed by atoms with Crippen LogP contribution in [-0.2, 0) is 4.79 Å². The van der Waals surface area contributed by atoms with Gasteiger partial charge in [-0.3, -0.25) is 9.59 Å². The lowest BCUT2D eigenvalue weighted by Gasteiger charge is -2.23. The monoisotopic (exact) mass is 310 g/mol. The number of nitrogens with one attached hydrogen (secondary N) is 1. The third-order valence-corrected chi connectivity index (χ3v) is 3.59. The van der Waals surface area contributed by atoms with Gasteiger partial charge < -0.3 is 10.2 Å². The smallest absolute Gasteiger partial charge is 0.258 e. The Bertz CT molecular complexity index is 651. The Kier molecular flexibility index (Phi) is 5.92. The van der Waals surface area contributed by atoms with Gasteiger partial charge in [0.1, 0.15) is 0 Å². The van der Waals surface area contributed by atoms with Gasteiger partial charge in [-0.05, 0) is 31.2 Å². The fraction of sp³-hybridized carbons (Fsp3) is 0.263. The Morgan fingerprint density at radius 3 is 2.26 bits per heavy atom. The highest BCUT2D eigenvalue weighted by Crippen LogP contribution is 2.17. The van der Waals surface area contributed by atoms with E-state index in [0.717, 1.165) is 11.3 Å². The standard InChI is InChI=1S/C19H22N2O2/c1-3-18(22)20-13-14-21(17-7-5-4-6-8-17)19(23)16-11-9-15(2)10-12-16/h4-12H,3,13-14H2,1-2H3,(H,20,22). The van der Waals surface area contributed by atoms with Crippen molar-refractivity contribution in [3.63, 3.8) is 0 Å². The summed E-state index contributed by atoms with van der Waals surface area (Å²) in [4.78, 5) is 25.9. The number of aryl methyl sites for hydroxylation is 1. The fourth-order valence-corrected chi connectivity index (χ4v) is 2.24. The number of benzene rings is 2. The normalized spacial score (nSPS) is 10.2. The van der Waals surface area contributed by atoms with Crippen molar-refractivity contribution in [2.24, 2.45) is 0 Å². The van der Waals surface area contributed by atoms with Crippen molar-refractivity contribution in [1.29, 1.82) is 0 Å². The quantitative estimate of drug-likeness (QED) is 0.891. The first-order chi connectivity index (χ1) is 11.1. The Labute approximate surface area is 137 Å². The number of carbonyl (C=O) groups excluding carboxylic acids is 2. The number of nitrogens with zero attached hydrogens (tertiary/aromatic N) is 1. The molecule has 0 saturated carbocycles. The highest BCUT2D eigenvalue weighted by Gasteiger charge is 2.17. The molecule has 0 atom stereocenters. The number of carbonyl (C=O) groups is 2. The summed E-state index contributed by atoms with van der Waals surface area (Å²) >= 11 is 0. The molecule has 0 fully saturated rings. The van der Waals surface area contributed by atoms with Crippen molar-refractivity contribution in [2.45, 2.75) is 20.3 Å². The van der Waals surface area contributed by atoms with E-state index in [1.54, 1.807) is 4.90 Å². The third-order valence-electron chi connectivity index (χ3n) is 3.59. The van der Waals surface area contributed by atoms with E-state index < -0.39 is 0 Å². The van der Waals surface area contributed by atoms with Crippen molar-refractivity contribution in [3.05, 3.63) is 65.7 Å². The van der Waals surface area contributed by atoms with Crippen LogP contribution in [0.1, 0.15) is 29.3 Å². The van der Waals surface area contributed by atoms with Crippen LogP contribution in [0, 0.1) is 6.92 Å². The summed E-state index contributed by atoms with van der Waals surface area (Å²) in [7, 11) is 0. The largest absolute Gasteiger partial charge is 0.354 e. The number of hydrogen-bond acceptors (Lipinski definition) is 2. The first-order valence-corrected chi connectivity index (χ1v) is 7.82. The Balaban J connectivity index is 2.17. The van der Waals surface area contributed by atoms with E-state index in [4.69, 9.17) is 0 Å². The molecule has 0 heterocycles. The molecule has 4 heteroatoms. The Hall–Kier alpha value is -2.62. The Morgan fingerprint density at radius 1 is 1.00 bits per heavy atom. The maximum absolute atomic E-state index is 12.8. The summed E-state index contributed by atoms with van der Waals surface area (Å²) in [5, 5.41) is 2.82. The van der Waals surface area contributed by atoms with Gasteiger partial charge in [-0.25, -0.2) is 0 Å². The van der Waals surface area contributed by atoms with Crippen LogP contribution in [0.15, 0.2) is 54.6 Å². The first-order valence-electron chi connectivity index (χ1n) is 7.82. The number of hydrogen-bond donors (Lipinski definition) is 1. The number of amides is 2. The number of para-hydroxylation sites is 1. The molecule has 120 valence electrons. The molecule has 2 amide bonds. The van der Waals surface area contributed by atoms with Crippen molar-refractivity contribution in [1.82, 2.24) is 5.32 Å². The van der Waals surface area contributed by atoms with Gasteiger partial charge in [0.2, 0.25) is 5.91 Å². The van der Waals surface area contributed by atoms with Gasteiger partial charge in [0.05, 0.1) is 0 Å². The molecule has 0 aliphatic rings. The minimum absolute atomic E-state index is 0.0132. The summed E-state index contributed by atoms with van der Waals surface area (Å²) in [6.45, 7) is 4.66. The molecule has 0 bridgehead atoms. The zero-order valence-corrected chi connectivity index (χ0v) is 13.6. The van der Waals surface area contributed by atoms with Gasteiger partial charge in [0.25, 0.3) is 5.91 Å². The lowest BCUT2D eigenvalue weighted by atomic mass is 10.1. The molecule has 2 rings (SSSR count). The predicted octanol–water partition coefficient (Wildman–Crippen LogP) is 3.17. The maximum atomic E-state index is 12.8. The van der Waals surface area contributed by atoms with E-state index >= 15 is 0 Å². The number of rotatable bonds is 6. The van der Waals surface area contributed by atoms with Crippen LogP contribution in [0.5, 0.6) is 0 Å². The van der Waals surface area contributed by atoms with E-state index in [1.165, 1.54) is 0 Å². The molecule has 0 saturated heterocycles. The van der Waals surface area contributed by atoms with E-state index in [2.05, 4.69) is 5.32 Å². The number of anilines is 1. The molecule has 0 aliphatic heterocycles. The molecular formula is C19H22N2O2. The van der Waals surface area contributed by atoms with Gasteiger partial charge in [-0.2, -0.15) is 0 Å². The van der Waals surface area contributed by atoms with Crippen LogP contribution in [0.25, 0.3) is 0 Å². The van der Waals surface area contributed by atoms with Crippen LogP contribution in [0.3, 0.4) is 0 Å². The zero-order valence-electron chi connectivity index (χ0n) is 13.6. The minimum atomic E-state index is -0.0676. The Morgan fingerprint density at radius 2 is 1.65 bits per heavy atom. The highest BCUT2D eigenvalue weighted by atomic mass is 16.2. The minimum Gasteiger partial charge on any atom is -0.354 e. The van der Waals surface area contributed by atoms with Gasteiger partial charge in [-0.15, -0.1) is 0 Å². The van der Waals surface area contributed by atoms with Crippen LogP contribution < -0.4 is 10.2 Å². The van der Waals surface area contributed by atoms with E-state index in [-0.39, 0.29) is 11.8 Å². The molecule has 2 aromatic carbocycles. The molecule has 0 radical (unpaired) electrons. The predicted molar refractivity (Wildman–Crippen MR) is 92.6 cm³/mol. The fourth-order valence-electron chi connectivity index (χ4n) is 2.24. The molecule has 0 aromatic heterocycles. The topological polar surface area (TPSA) is 49.4 Å². The summed E-state index contributed by atoms with van der Waals surface area (Å²) < 4.78 is 0. The second-order valence-corrected chi connectivity index (χ2v) is 5.36. The van der Waals surface area contributed by atoms with Crippen LogP contribution in [-0.4, -0.2) is 24.9 Å². The van der Waals surface area contributed by atoms with E-state index in [9.17, 15) is 9.59 Å². The maximum Gasteiger partial charge on any atom is 0.258 e. The summed E-state index contributed by atoms with van der Waals surface area (Å²) in [5.74, 6) is -0.0808. The lowest BCUT2D eigenvalue weighted by molar-refractivity contribution is -0.120. The van der Waals surface area contributed by atoms with Crippen LogP contribution in [0.2, 0.25) is 0 Å². The third kappa shape index (κ3) is 4.68. The van der Waals surface area contributed by atoms with Crippen molar-refractivity contribution >= 4 is 17.5 Å². The molecule has 0 aliphatic carbocycles. The van der Waals surface area contributed by atoms with Gasteiger partial charge in [-0.1, -0.05) is 42.8 Å². The molecule has 1 N–H and O–H groups in total. The van der Waals surface area contributed by atoms with E-state index in [1.807, 2.05) is 68.4 Å². The first kappa shape index (κ1) is 16.7. The van der Waals surface area contributed by atoms with Crippen molar-refractivity contribution < 1.29 is 9.59 Å². The molecule has 4 nitrogen and oxygen atoms in total. The van der Waals surface area contributed by atoms with Gasteiger partial charge in [0.15, 0.2) is 0 Å². The molecule has 0 unspecified atom stereocenters. The van der Waals surface area contributed by atoms with Crippen LogP contribution >= 0.6 is 0 Å². The van der Waals surface area contributed by atoms with E-state index in [0.29, 0.717) is 25.1 Å². The summed E-state index contributed by atoms with van der Waals surface area (Å²) in [6.07, 6.45) is 0.442. The molecule has 23 heavy (non-hydrogen) atoms. The average molecular weight is 310 g/mol. The van der Waals surface area contributed by atoms with Crippen molar-refractivity contribution in [3.8, 4) is 0 Å². The lowest BCUT2D eigenvalue weighted by Crippen LogP contribution is -2.38. The SMILES string of the molecule is CCC(=O)NCCN(C(=O)c1ccc(C)cc1)c1ccccc1. The molecular weight excluding hydrogens is 288 g/mol. The molecule has 2 aromatic rings. The van der Waals surface area contributed by atoms with Gasteiger partial charge >= 0.3 is 0 Å². The second kappa shape index (κ2) is 8.13. The van der Waals surface area contributed by atoms with Crippen LogP contribution in [0.4, 0.5) is 5.69 Å². The van der Waals surface area contributed by atoms with Crippen molar-refractivity contribution in [2.75, 3.05) is 18.0 Å². The summed E-state index contributed by atoms with van der Waals surface area (Å²) in [6, 6.07) is 17.0. The average Bonchev–Trinajstić information content (AvgIpc) is 2.59. The highest BCUT2D eigenvalue weighted by molar-refractivity contribution is 6.06. The second-order valence-electron chi connectivity index (χ2n) is 5.36. The summed E-state index contributed by atoms with van der Waals surface area (Å²) in [5.41, 5.74) is 2.58. The zero-order chi connectivity index (χ0) is 16.7. The molecule has 0 spiro atoms.